The molecule has 18 heavy (non-hydrogen) atoms. The molecule has 0 unspecified atom stereocenters. The molecule has 100 valence electrons. The molecule has 1 aromatic rings. The van der Waals surface area contributed by atoms with E-state index in [2.05, 4.69) is 10.0 Å². The number of piperidine rings is 1. The normalized spacial score (nSPS) is 17.7. The molecular formula is C11H14ClFN2O2S. The summed E-state index contributed by atoms with van der Waals surface area (Å²) in [6.45, 7) is 1.31. The minimum Gasteiger partial charge on any atom is -0.317 e. The zero-order chi connectivity index (χ0) is 13.2. The minimum atomic E-state index is -3.56. The number of hydrogen-bond acceptors (Lipinski definition) is 3. The molecular weight excluding hydrogens is 279 g/mol. The van der Waals surface area contributed by atoms with Gasteiger partial charge in [-0.05, 0) is 44.1 Å². The van der Waals surface area contributed by atoms with E-state index in [1.54, 1.807) is 0 Å². The van der Waals surface area contributed by atoms with Gasteiger partial charge < -0.3 is 5.32 Å². The van der Waals surface area contributed by atoms with Gasteiger partial charge in [-0.25, -0.2) is 12.8 Å². The second kappa shape index (κ2) is 5.42. The van der Waals surface area contributed by atoms with Gasteiger partial charge in [0.2, 0.25) is 10.0 Å². The molecule has 4 nitrogen and oxygen atoms in total. The monoisotopic (exact) mass is 292 g/mol. The van der Waals surface area contributed by atoms with Gasteiger partial charge in [0.15, 0.2) is 0 Å². The van der Waals surface area contributed by atoms with Crippen LogP contribution in [0, 0.1) is 5.82 Å². The molecule has 0 bridgehead atoms. The highest BCUT2D eigenvalue weighted by atomic mass is 35.5. The second-order valence-corrected chi connectivity index (χ2v) is 6.62. The van der Waals surface area contributed by atoms with E-state index < -0.39 is 21.1 Å². The van der Waals surface area contributed by atoms with Gasteiger partial charge >= 0.3 is 0 Å². The van der Waals surface area contributed by atoms with Crippen LogP contribution in [0.15, 0.2) is 18.2 Å². The topological polar surface area (TPSA) is 58.2 Å². The quantitative estimate of drug-likeness (QED) is 0.895. The number of anilines is 1. The number of rotatable bonds is 3. The summed E-state index contributed by atoms with van der Waals surface area (Å²) in [5, 5.41) is 2.89. The van der Waals surface area contributed by atoms with E-state index >= 15 is 0 Å². The zero-order valence-electron chi connectivity index (χ0n) is 9.62. The standard InChI is InChI=1S/C11H14ClFN2O2S/c12-8-1-2-10(13)11(7-8)15-18(16,17)9-3-5-14-6-4-9/h1-2,7,9,14-15H,3-6H2. The van der Waals surface area contributed by atoms with Crippen LogP contribution in [0.4, 0.5) is 10.1 Å². The van der Waals surface area contributed by atoms with Crippen molar-refractivity contribution in [2.24, 2.45) is 0 Å². The van der Waals surface area contributed by atoms with Gasteiger partial charge in [-0.15, -0.1) is 0 Å². The molecule has 2 rings (SSSR count). The summed E-state index contributed by atoms with van der Waals surface area (Å²) < 4.78 is 39.9. The largest absolute Gasteiger partial charge is 0.317 e. The zero-order valence-corrected chi connectivity index (χ0v) is 11.2. The van der Waals surface area contributed by atoms with Crippen LogP contribution in [0.5, 0.6) is 0 Å². The van der Waals surface area contributed by atoms with Gasteiger partial charge in [0.1, 0.15) is 5.82 Å². The number of nitrogens with one attached hydrogen (secondary N) is 2. The third-order valence-corrected chi connectivity index (χ3v) is 4.99. The Kier molecular flexibility index (Phi) is 4.09. The van der Waals surface area contributed by atoms with E-state index in [1.165, 1.54) is 12.1 Å². The van der Waals surface area contributed by atoms with Crippen LogP contribution >= 0.6 is 11.6 Å². The van der Waals surface area contributed by atoms with Crippen molar-refractivity contribution in [3.8, 4) is 0 Å². The third kappa shape index (κ3) is 3.13. The Morgan fingerprint density at radius 2 is 2.00 bits per heavy atom. The lowest BCUT2D eigenvalue weighted by atomic mass is 10.2. The average molecular weight is 293 g/mol. The van der Waals surface area contributed by atoms with Gasteiger partial charge in [0, 0.05) is 5.02 Å². The molecule has 1 saturated heterocycles. The van der Waals surface area contributed by atoms with Crippen molar-refractivity contribution in [2.75, 3.05) is 17.8 Å². The van der Waals surface area contributed by atoms with E-state index in [1.807, 2.05) is 0 Å². The molecule has 0 amide bonds. The second-order valence-electron chi connectivity index (χ2n) is 4.22. The first kappa shape index (κ1) is 13.6. The lowest BCUT2D eigenvalue weighted by molar-refractivity contribution is 0.498. The van der Waals surface area contributed by atoms with Gasteiger partial charge in [-0.3, -0.25) is 4.72 Å². The molecule has 2 N–H and O–H groups in total. The number of sulfonamides is 1. The maximum Gasteiger partial charge on any atom is 0.235 e. The highest BCUT2D eigenvalue weighted by molar-refractivity contribution is 7.93. The Hall–Kier alpha value is -0.850. The fourth-order valence-electron chi connectivity index (χ4n) is 1.92. The molecule has 1 fully saturated rings. The molecule has 0 atom stereocenters. The molecule has 0 aromatic heterocycles. The summed E-state index contributed by atoms with van der Waals surface area (Å²) in [5.41, 5.74) is -0.0963. The van der Waals surface area contributed by atoms with Crippen molar-refractivity contribution in [3.63, 3.8) is 0 Å². The summed E-state index contributed by atoms with van der Waals surface area (Å²) in [6, 6.07) is 3.79. The van der Waals surface area contributed by atoms with Crippen LogP contribution < -0.4 is 10.0 Å². The van der Waals surface area contributed by atoms with Crippen LogP contribution in [-0.2, 0) is 10.0 Å². The van der Waals surface area contributed by atoms with Crippen LogP contribution in [0.1, 0.15) is 12.8 Å². The predicted molar refractivity (Wildman–Crippen MR) is 69.8 cm³/mol. The van der Waals surface area contributed by atoms with E-state index in [0.717, 1.165) is 6.07 Å². The highest BCUT2D eigenvalue weighted by Gasteiger charge is 2.27. The fraction of sp³-hybridized carbons (Fsp3) is 0.455. The number of halogens is 2. The lowest BCUT2D eigenvalue weighted by Gasteiger charge is -2.23. The highest BCUT2D eigenvalue weighted by Crippen LogP contribution is 2.23. The molecule has 0 aliphatic carbocycles. The van der Waals surface area contributed by atoms with E-state index in [-0.39, 0.29) is 5.69 Å². The third-order valence-electron chi connectivity index (χ3n) is 2.91. The van der Waals surface area contributed by atoms with E-state index in [4.69, 9.17) is 11.6 Å². The Morgan fingerprint density at radius 1 is 1.33 bits per heavy atom. The summed E-state index contributed by atoms with van der Waals surface area (Å²) in [4.78, 5) is 0. The van der Waals surface area contributed by atoms with Crippen LogP contribution in [-0.4, -0.2) is 26.8 Å². The van der Waals surface area contributed by atoms with Gasteiger partial charge in [0.05, 0.1) is 10.9 Å². The Balaban J connectivity index is 2.18. The number of hydrogen-bond donors (Lipinski definition) is 2. The first-order chi connectivity index (χ1) is 8.49. The molecule has 0 radical (unpaired) electrons. The summed E-state index contributed by atoms with van der Waals surface area (Å²) >= 11 is 5.72. The maximum atomic E-state index is 13.5. The van der Waals surface area contributed by atoms with Crippen LogP contribution in [0.3, 0.4) is 0 Å². The Bertz CT molecular complexity index is 530. The van der Waals surface area contributed by atoms with Crippen molar-refractivity contribution in [3.05, 3.63) is 29.0 Å². The molecule has 1 aromatic carbocycles. The Morgan fingerprint density at radius 3 is 2.67 bits per heavy atom. The van der Waals surface area contributed by atoms with Crippen LogP contribution in [0.25, 0.3) is 0 Å². The van der Waals surface area contributed by atoms with Gasteiger partial charge in [-0.2, -0.15) is 0 Å². The van der Waals surface area contributed by atoms with Crippen molar-refractivity contribution >= 4 is 27.3 Å². The van der Waals surface area contributed by atoms with Crippen LogP contribution in [0.2, 0.25) is 5.02 Å². The van der Waals surface area contributed by atoms with Crippen molar-refractivity contribution < 1.29 is 12.8 Å². The smallest absolute Gasteiger partial charge is 0.235 e. The molecule has 0 spiro atoms. The SMILES string of the molecule is O=S(=O)(Nc1cc(Cl)ccc1F)C1CCNCC1. The number of benzene rings is 1. The summed E-state index contributed by atoms with van der Waals surface area (Å²) in [6.07, 6.45) is 1.05. The first-order valence-corrected chi connectivity index (χ1v) is 7.59. The Labute approximate surface area is 111 Å². The van der Waals surface area contributed by atoms with Gasteiger partial charge in [0.25, 0.3) is 0 Å². The molecule has 1 aliphatic heterocycles. The summed E-state index contributed by atoms with van der Waals surface area (Å²) in [5.74, 6) is -0.628. The van der Waals surface area contributed by atoms with E-state index in [9.17, 15) is 12.8 Å². The molecule has 1 aliphatic rings. The molecule has 1 heterocycles. The first-order valence-electron chi connectivity index (χ1n) is 5.66. The van der Waals surface area contributed by atoms with Crippen molar-refractivity contribution in [2.45, 2.75) is 18.1 Å². The fourth-order valence-corrected chi connectivity index (χ4v) is 3.58. The maximum absolute atomic E-state index is 13.5. The molecule has 0 saturated carbocycles. The van der Waals surface area contributed by atoms with Gasteiger partial charge in [-0.1, -0.05) is 11.6 Å². The summed E-state index contributed by atoms with van der Waals surface area (Å²) in [7, 11) is -3.56. The molecule has 7 heteroatoms. The van der Waals surface area contributed by atoms with Crippen molar-refractivity contribution in [1.29, 1.82) is 0 Å². The predicted octanol–water partition coefficient (Wildman–Crippen LogP) is 1.97. The minimum absolute atomic E-state index is 0.0963. The average Bonchev–Trinajstić information content (AvgIpc) is 2.35. The van der Waals surface area contributed by atoms with Crippen molar-refractivity contribution in [1.82, 2.24) is 5.32 Å². The lowest BCUT2D eigenvalue weighted by Crippen LogP contribution is -2.38. The van der Waals surface area contributed by atoms with E-state index in [0.29, 0.717) is 31.0 Å².